The van der Waals surface area contributed by atoms with Crippen LogP contribution in [0.1, 0.15) is 61.8 Å². The van der Waals surface area contributed by atoms with Gasteiger partial charge in [-0.15, -0.1) is 0 Å². The average Bonchev–Trinajstić information content (AvgIpc) is 3.10. The smallest absolute Gasteiger partial charge is 0.342 e. The zero-order chi connectivity index (χ0) is 32.0. The lowest BCUT2D eigenvalue weighted by Gasteiger charge is -2.29. The van der Waals surface area contributed by atoms with E-state index in [4.69, 9.17) is 18.9 Å². The van der Waals surface area contributed by atoms with Crippen molar-refractivity contribution in [2.45, 2.75) is 64.8 Å². The summed E-state index contributed by atoms with van der Waals surface area (Å²) in [7, 11) is 0. The summed E-state index contributed by atoms with van der Waals surface area (Å²) in [6, 6.07) is 40.7. The minimum absolute atomic E-state index is 0.307. The monoisotopic (exact) mass is 616 g/mol. The summed E-state index contributed by atoms with van der Waals surface area (Å²) in [4.78, 5) is 13.2. The molecule has 0 radical (unpaired) electrons. The Morgan fingerprint density at radius 1 is 0.630 bits per heavy atom. The quantitative estimate of drug-likeness (QED) is 0.0769. The number of rotatable bonds is 17. The van der Waals surface area contributed by atoms with Crippen LogP contribution in [0.3, 0.4) is 0 Å². The Morgan fingerprint density at radius 2 is 1.26 bits per heavy atom. The first-order valence-corrected chi connectivity index (χ1v) is 16.3. The van der Waals surface area contributed by atoms with Crippen molar-refractivity contribution in [1.82, 2.24) is 0 Å². The molecule has 46 heavy (non-hydrogen) atoms. The average molecular weight is 617 g/mol. The van der Waals surface area contributed by atoms with E-state index in [1.54, 1.807) is 0 Å². The lowest BCUT2D eigenvalue weighted by atomic mass is 9.90. The first-order valence-electron chi connectivity index (χ1n) is 16.3. The van der Waals surface area contributed by atoms with Gasteiger partial charge in [-0.3, -0.25) is 0 Å². The molecule has 0 amide bonds. The van der Waals surface area contributed by atoms with Gasteiger partial charge in [-0.2, -0.15) is 0 Å². The summed E-state index contributed by atoms with van der Waals surface area (Å²) in [5, 5.41) is 2.08. The Kier molecular flexibility index (Phi) is 11.8. The number of ether oxygens (including phenoxy) is 4. The van der Waals surface area contributed by atoms with E-state index in [0.717, 1.165) is 71.1 Å². The fourth-order valence-electron chi connectivity index (χ4n) is 5.63. The molecule has 5 aromatic rings. The molecule has 1 atom stereocenters. The Balaban J connectivity index is 1.14. The molecule has 0 spiro atoms. The highest BCUT2D eigenvalue weighted by atomic mass is 16.6. The van der Waals surface area contributed by atoms with E-state index in [-0.39, 0.29) is 5.97 Å². The molecule has 0 N–H and O–H groups in total. The summed E-state index contributed by atoms with van der Waals surface area (Å²) in [6.07, 6.45) is 4.90. The molecule has 0 aliphatic rings. The molecular formula is C41H44O5. The predicted octanol–water partition coefficient (Wildman–Crippen LogP) is 9.60. The molecular weight excluding hydrogens is 572 g/mol. The maximum absolute atomic E-state index is 13.2. The molecule has 5 nitrogen and oxygen atoms in total. The molecule has 5 aromatic carbocycles. The van der Waals surface area contributed by atoms with Crippen molar-refractivity contribution in [2.24, 2.45) is 0 Å². The molecule has 0 fully saturated rings. The van der Waals surface area contributed by atoms with Crippen molar-refractivity contribution in [1.29, 1.82) is 0 Å². The van der Waals surface area contributed by atoms with Gasteiger partial charge in [-0.05, 0) is 72.7 Å². The van der Waals surface area contributed by atoms with Crippen LogP contribution in [0.4, 0.5) is 0 Å². The van der Waals surface area contributed by atoms with Gasteiger partial charge in [0.2, 0.25) is 0 Å². The molecule has 0 saturated heterocycles. The summed E-state index contributed by atoms with van der Waals surface area (Å²) >= 11 is 0. The maximum Gasteiger partial charge on any atom is 0.342 e. The van der Waals surface area contributed by atoms with Crippen LogP contribution in [0, 0.1) is 0 Å². The number of benzene rings is 5. The maximum atomic E-state index is 13.2. The third-order valence-corrected chi connectivity index (χ3v) is 8.20. The fraction of sp³-hybridized carbons (Fsp3) is 0.293. The van der Waals surface area contributed by atoms with Crippen molar-refractivity contribution < 1.29 is 23.7 Å². The van der Waals surface area contributed by atoms with Crippen LogP contribution >= 0.6 is 0 Å². The van der Waals surface area contributed by atoms with Crippen LogP contribution < -0.4 is 9.47 Å². The second kappa shape index (κ2) is 16.6. The number of unbranched alkanes of at least 4 members (excludes halogenated alkanes) is 3. The molecule has 0 bridgehead atoms. The lowest BCUT2D eigenvalue weighted by molar-refractivity contribution is -0.171. The number of aryl methyl sites for hydroxylation is 1. The number of esters is 1. The molecule has 5 rings (SSSR count). The zero-order valence-corrected chi connectivity index (χ0v) is 27.0. The number of hydrogen-bond donors (Lipinski definition) is 0. The second-order valence-electron chi connectivity index (χ2n) is 11.6. The highest BCUT2D eigenvalue weighted by molar-refractivity contribution is 5.92. The fourth-order valence-corrected chi connectivity index (χ4v) is 5.63. The first-order chi connectivity index (χ1) is 22.6. The van der Waals surface area contributed by atoms with E-state index in [0.29, 0.717) is 26.4 Å². The van der Waals surface area contributed by atoms with Gasteiger partial charge < -0.3 is 18.9 Å². The summed E-state index contributed by atoms with van der Waals surface area (Å²) < 4.78 is 24.3. The van der Waals surface area contributed by atoms with Crippen molar-refractivity contribution >= 4 is 16.7 Å². The van der Waals surface area contributed by atoms with Gasteiger partial charge in [0, 0.05) is 12.2 Å². The molecule has 0 saturated carbocycles. The Bertz CT molecular complexity index is 1660. The van der Waals surface area contributed by atoms with Crippen molar-refractivity contribution in [3.05, 3.63) is 144 Å². The predicted molar refractivity (Wildman–Crippen MR) is 184 cm³/mol. The lowest BCUT2D eigenvalue weighted by Crippen LogP contribution is -2.38. The van der Waals surface area contributed by atoms with E-state index in [1.807, 2.05) is 98.8 Å². The van der Waals surface area contributed by atoms with Crippen molar-refractivity contribution in [3.8, 4) is 11.5 Å². The Morgan fingerprint density at radius 3 is 1.98 bits per heavy atom. The number of carbonyl (C=O) groups excluding carboxylic acids is 1. The van der Waals surface area contributed by atoms with Crippen LogP contribution in [0.5, 0.6) is 11.5 Å². The third-order valence-electron chi connectivity index (χ3n) is 8.20. The summed E-state index contributed by atoms with van der Waals surface area (Å²) in [5.74, 6) is 1.15. The van der Waals surface area contributed by atoms with E-state index in [9.17, 15) is 4.79 Å². The summed E-state index contributed by atoms with van der Waals surface area (Å²) in [5.41, 5.74) is 3.12. The van der Waals surface area contributed by atoms with Crippen molar-refractivity contribution in [2.75, 3.05) is 13.2 Å². The third kappa shape index (κ3) is 8.76. The SMILES string of the molecule is CCOC(=O)C(C)(OCCCCCCc1ccc(OCc2ccccc2)c(OCc2ccccc2)c1)c1cccc2ccccc12. The van der Waals surface area contributed by atoms with Crippen LogP contribution in [-0.2, 0) is 39.5 Å². The summed E-state index contributed by atoms with van der Waals surface area (Å²) in [6.45, 7) is 5.41. The Hall–Kier alpha value is -4.61. The van der Waals surface area contributed by atoms with E-state index < -0.39 is 5.60 Å². The molecule has 0 heterocycles. The molecule has 5 heteroatoms. The van der Waals surface area contributed by atoms with Gasteiger partial charge in [-0.1, -0.05) is 122 Å². The number of carbonyl (C=O) groups is 1. The van der Waals surface area contributed by atoms with Gasteiger partial charge >= 0.3 is 5.97 Å². The van der Waals surface area contributed by atoms with Gasteiger partial charge in [0.25, 0.3) is 0 Å². The van der Waals surface area contributed by atoms with E-state index in [2.05, 4.69) is 36.4 Å². The molecule has 0 aliphatic carbocycles. The highest BCUT2D eigenvalue weighted by Gasteiger charge is 2.39. The van der Waals surface area contributed by atoms with E-state index >= 15 is 0 Å². The zero-order valence-electron chi connectivity index (χ0n) is 27.0. The normalized spacial score (nSPS) is 12.4. The number of fused-ring (bicyclic) bond motifs is 1. The van der Waals surface area contributed by atoms with Crippen LogP contribution in [0.15, 0.2) is 121 Å². The van der Waals surface area contributed by atoms with Gasteiger partial charge in [-0.25, -0.2) is 4.79 Å². The van der Waals surface area contributed by atoms with Gasteiger partial charge in [0.1, 0.15) is 13.2 Å². The van der Waals surface area contributed by atoms with E-state index in [1.165, 1.54) is 5.56 Å². The van der Waals surface area contributed by atoms with Crippen LogP contribution in [-0.4, -0.2) is 19.2 Å². The minimum atomic E-state index is -1.17. The standard InChI is InChI=1S/C41H44O5/c1-3-43-40(42)41(2,37-25-16-23-35-22-13-14-24-36(35)37)46-28-15-5-4-8-17-32-26-27-38(44-30-33-18-9-6-10-19-33)39(29-32)45-31-34-20-11-7-12-21-34/h6-7,9-14,16,18-27,29H,3-5,8,15,17,28,30-31H2,1-2H3. The second-order valence-corrected chi connectivity index (χ2v) is 11.6. The Labute approximate surface area is 273 Å². The minimum Gasteiger partial charge on any atom is -0.485 e. The van der Waals surface area contributed by atoms with Crippen LogP contribution in [0.25, 0.3) is 10.8 Å². The topological polar surface area (TPSA) is 54.0 Å². The van der Waals surface area contributed by atoms with Gasteiger partial charge in [0.05, 0.1) is 6.61 Å². The number of hydrogen-bond acceptors (Lipinski definition) is 5. The van der Waals surface area contributed by atoms with Crippen molar-refractivity contribution in [3.63, 3.8) is 0 Å². The molecule has 0 aromatic heterocycles. The highest BCUT2D eigenvalue weighted by Crippen LogP contribution is 2.34. The first kappa shape index (κ1) is 32.8. The van der Waals surface area contributed by atoms with Gasteiger partial charge in [0.15, 0.2) is 17.1 Å². The molecule has 1 unspecified atom stereocenters. The van der Waals surface area contributed by atoms with Crippen LogP contribution in [0.2, 0.25) is 0 Å². The molecule has 238 valence electrons. The largest absolute Gasteiger partial charge is 0.485 e. The molecule has 0 aliphatic heterocycles.